The van der Waals surface area contributed by atoms with Crippen LogP contribution in [0.1, 0.15) is 15.9 Å². The topological polar surface area (TPSA) is 61.4 Å². The normalized spacial score (nSPS) is 10.3. The molecule has 2 aromatic rings. The van der Waals surface area contributed by atoms with Crippen LogP contribution >= 0.6 is 15.9 Å². The van der Waals surface area contributed by atoms with Crippen molar-refractivity contribution in [2.45, 2.75) is 6.54 Å². The second kappa shape index (κ2) is 6.54. The van der Waals surface area contributed by atoms with Crippen LogP contribution in [0.3, 0.4) is 0 Å². The van der Waals surface area contributed by atoms with E-state index in [0.29, 0.717) is 16.6 Å². The minimum absolute atomic E-state index is 0.0427. The number of halogens is 1. The average molecular weight is 335 g/mol. The van der Waals surface area contributed by atoms with E-state index in [9.17, 15) is 9.90 Å². The molecule has 3 N–H and O–H groups in total. The molecule has 0 aliphatic rings. The third kappa shape index (κ3) is 3.37. The third-order valence-electron chi connectivity index (χ3n) is 2.84. The summed E-state index contributed by atoms with van der Waals surface area (Å²) in [6.07, 6.45) is 0. The van der Waals surface area contributed by atoms with E-state index in [0.717, 1.165) is 11.3 Å². The van der Waals surface area contributed by atoms with Gasteiger partial charge < -0.3 is 15.7 Å². The van der Waals surface area contributed by atoms with Crippen molar-refractivity contribution in [2.75, 3.05) is 12.4 Å². The number of hydrogen-bond donors (Lipinski definition) is 3. The lowest BCUT2D eigenvalue weighted by Gasteiger charge is -2.11. The Balaban J connectivity index is 2.21. The molecule has 0 heterocycles. The van der Waals surface area contributed by atoms with Crippen LogP contribution in [-0.4, -0.2) is 18.1 Å². The standard InChI is InChI=1S/C15H15BrN2O2/c1-17-9-11-4-2-3-5-13(11)18-15(20)10-6-7-12(16)14(19)8-10/h2-8,17,19H,9H2,1H3,(H,18,20). The first-order chi connectivity index (χ1) is 9.61. The molecule has 0 bridgehead atoms. The molecule has 0 aliphatic carbocycles. The molecule has 0 aliphatic heterocycles. The van der Waals surface area contributed by atoms with Crippen molar-refractivity contribution in [3.05, 3.63) is 58.1 Å². The van der Waals surface area contributed by atoms with E-state index in [1.54, 1.807) is 12.1 Å². The van der Waals surface area contributed by atoms with Gasteiger partial charge in [0, 0.05) is 17.8 Å². The van der Waals surface area contributed by atoms with Crippen LogP contribution in [0.2, 0.25) is 0 Å². The van der Waals surface area contributed by atoms with Gasteiger partial charge in [-0.05, 0) is 52.8 Å². The Morgan fingerprint density at radius 1 is 1.25 bits per heavy atom. The number of amides is 1. The Bertz CT molecular complexity index is 629. The first-order valence-electron chi connectivity index (χ1n) is 6.14. The molecule has 5 heteroatoms. The van der Waals surface area contributed by atoms with Crippen LogP contribution in [0.4, 0.5) is 5.69 Å². The highest BCUT2D eigenvalue weighted by Crippen LogP contribution is 2.25. The average Bonchev–Trinajstić information content (AvgIpc) is 2.44. The molecule has 104 valence electrons. The molecule has 20 heavy (non-hydrogen) atoms. The van der Waals surface area contributed by atoms with Gasteiger partial charge in [-0.1, -0.05) is 18.2 Å². The Labute approximate surface area is 126 Å². The van der Waals surface area contributed by atoms with Crippen molar-refractivity contribution in [1.29, 1.82) is 0 Å². The lowest BCUT2D eigenvalue weighted by Crippen LogP contribution is -2.15. The number of phenols is 1. The molecule has 0 spiro atoms. The summed E-state index contributed by atoms with van der Waals surface area (Å²) in [6, 6.07) is 12.3. The number of hydrogen-bond acceptors (Lipinski definition) is 3. The number of aromatic hydroxyl groups is 1. The van der Waals surface area contributed by atoms with E-state index >= 15 is 0 Å². The number of rotatable bonds is 4. The Hall–Kier alpha value is -1.85. The molecule has 2 aromatic carbocycles. The minimum atomic E-state index is -0.253. The van der Waals surface area contributed by atoms with Gasteiger partial charge in [0.1, 0.15) is 5.75 Å². The fourth-order valence-corrected chi connectivity index (χ4v) is 2.08. The fourth-order valence-electron chi connectivity index (χ4n) is 1.84. The molecule has 0 fully saturated rings. The van der Waals surface area contributed by atoms with Crippen LogP contribution in [0.25, 0.3) is 0 Å². The van der Waals surface area contributed by atoms with Gasteiger partial charge in [0.05, 0.1) is 4.47 Å². The summed E-state index contributed by atoms with van der Waals surface area (Å²) in [7, 11) is 1.85. The van der Waals surface area contributed by atoms with E-state index in [1.807, 2.05) is 31.3 Å². The summed E-state index contributed by atoms with van der Waals surface area (Å²) >= 11 is 3.19. The molecule has 4 nitrogen and oxygen atoms in total. The maximum Gasteiger partial charge on any atom is 0.255 e. The monoisotopic (exact) mass is 334 g/mol. The number of phenolic OH excluding ortho intramolecular Hbond substituents is 1. The van der Waals surface area contributed by atoms with Crippen molar-refractivity contribution in [3.8, 4) is 5.75 Å². The first kappa shape index (κ1) is 14.6. The largest absolute Gasteiger partial charge is 0.507 e. The number of para-hydroxylation sites is 1. The zero-order valence-corrected chi connectivity index (χ0v) is 12.6. The first-order valence-corrected chi connectivity index (χ1v) is 6.93. The lowest BCUT2D eigenvalue weighted by molar-refractivity contribution is 0.102. The summed E-state index contributed by atoms with van der Waals surface area (Å²) in [5, 5.41) is 15.5. The van der Waals surface area contributed by atoms with Gasteiger partial charge in [-0.15, -0.1) is 0 Å². The van der Waals surface area contributed by atoms with Gasteiger partial charge in [-0.25, -0.2) is 0 Å². The van der Waals surface area contributed by atoms with Crippen LogP contribution in [0.15, 0.2) is 46.9 Å². The second-order valence-electron chi connectivity index (χ2n) is 4.31. The molecule has 2 rings (SSSR count). The van der Waals surface area contributed by atoms with Crippen molar-refractivity contribution < 1.29 is 9.90 Å². The molecule has 1 amide bonds. The molecule has 0 atom stereocenters. The Morgan fingerprint density at radius 2 is 2.00 bits per heavy atom. The number of benzene rings is 2. The second-order valence-corrected chi connectivity index (χ2v) is 5.16. The number of carbonyl (C=O) groups is 1. The smallest absolute Gasteiger partial charge is 0.255 e. The molecular weight excluding hydrogens is 320 g/mol. The Kier molecular flexibility index (Phi) is 4.76. The molecule has 0 unspecified atom stereocenters. The summed E-state index contributed by atoms with van der Waals surface area (Å²) in [4.78, 5) is 12.2. The predicted molar refractivity (Wildman–Crippen MR) is 83.0 cm³/mol. The van der Waals surface area contributed by atoms with E-state index in [4.69, 9.17) is 0 Å². The van der Waals surface area contributed by atoms with Gasteiger partial charge in [-0.2, -0.15) is 0 Å². The summed E-state index contributed by atoms with van der Waals surface area (Å²) in [6.45, 7) is 0.669. The highest BCUT2D eigenvalue weighted by molar-refractivity contribution is 9.10. The van der Waals surface area contributed by atoms with E-state index in [1.165, 1.54) is 6.07 Å². The summed E-state index contributed by atoms with van der Waals surface area (Å²) < 4.78 is 0.560. The highest BCUT2D eigenvalue weighted by Gasteiger charge is 2.10. The minimum Gasteiger partial charge on any atom is -0.507 e. The summed E-state index contributed by atoms with van der Waals surface area (Å²) in [5.74, 6) is -0.211. The van der Waals surface area contributed by atoms with Gasteiger partial charge >= 0.3 is 0 Å². The van der Waals surface area contributed by atoms with Gasteiger partial charge in [0.25, 0.3) is 5.91 Å². The molecular formula is C15H15BrN2O2. The number of carbonyl (C=O) groups excluding carboxylic acids is 1. The zero-order valence-electron chi connectivity index (χ0n) is 11.0. The quantitative estimate of drug-likeness (QED) is 0.805. The van der Waals surface area contributed by atoms with Crippen LogP contribution in [0.5, 0.6) is 5.75 Å². The third-order valence-corrected chi connectivity index (χ3v) is 3.51. The molecule has 0 saturated carbocycles. The van der Waals surface area contributed by atoms with Gasteiger partial charge in [-0.3, -0.25) is 4.79 Å². The Morgan fingerprint density at radius 3 is 2.70 bits per heavy atom. The van der Waals surface area contributed by atoms with Crippen LogP contribution < -0.4 is 10.6 Å². The highest BCUT2D eigenvalue weighted by atomic mass is 79.9. The van der Waals surface area contributed by atoms with Crippen molar-refractivity contribution >= 4 is 27.5 Å². The van der Waals surface area contributed by atoms with E-state index in [-0.39, 0.29) is 11.7 Å². The van der Waals surface area contributed by atoms with Gasteiger partial charge in [0.2, 0.25) is 0 Å². The van der Waals surface area contributed by atoms with Crippen molar-refractivity contribution in [2.24, 2.45) is 0 Å². The van der Waals surface area contributed by atoms with Gasteiger partial charge in [0.15, 0.2) is 0 Å². The maximum atomic E-state index is 12.2. The lowest BCUT2D eigenvalue weighted by atomic mass is 10.1. The molecule has 0 saturated heterocycles. The number of nitrogens with one attached hydrogen (secondary N) is 2. The van der Waals surface area contributed by atoms with Crippen LogP contribution in [0, 0.1) is 0 Å². The zero-order chi connectivity index (χ0) is 14.5. The number of anilines is 1. The molecule has 0 aromatic heterocycles. The van der Waals surface area contributed by atoms with E-state index in [2.05, 4.69) is 26.6 Å². The predicted octanol–water partition coefficient (Wildman–Crippen LogP) is 3.13. The van der Waals surface area contributed by atoms with Crippen molar-refractivity contribution in [1.82, 2.24) is 5.32 Å². The van der Waals surface area contributed by atoms with E-state index < -0.39 is 0 Å². The summed E-state index contributed by atoms with van der Waals surface area (Å²) in [5.41, 5.74) is 2.17. The molecule has 0 radical (unpaired) electrons. The SMILES string of the molecule is CNCc1ccccc1NC(=O)c1ccc(Br)c(O)c1. The van der Waals surface area contributed by atoms with Crippen molar-refractivity contribution in [3.63, 3.8) is 0 Å². The van der Waals surface area contributed by atoms with Crippen LogP contribution in [-0.2, 0) is 6.54 Å². The fraction of sp³-hybridized carbons (Fsp3) is 0.133. The maximum absolute atomic E-state index is 12.2.